The van der Waals surface area contributed by atoms with E-state index in [2.05, 4.69) is 0 Å². The summed E-state index contributed by atoms with van der Waals surface area (Å²) in [6.07, 6.45) is -1.08. The summed E-state index contributed by atoms with van der Waals surface area (Å²) in [5.41, 5.74) is 1.30. The van der Waals surface area contributed by atoms with E-state index in [0.29, 0.717) is 30.3 Å². The molecular weight excluding hydrogens is 304 g/mol. The zero-order valence-electron chi connectivity index (χ0n) is 12.3. The number of carbonyl (C=O) groups is 2. The summed E-state index contributed by atoms with van der Waals surface area (Å²) in [5.74, 6) is 0.416. The molecule has 1 aromatic rings. The molecule has 3 heterocycles. The minimum absolute atomic E-state index is 0.0661. The van der Waals surface area contributed by atoms with Crippen LogP contribution in [0.2, 0.25) is 0 Å². The van der Waals surface area contributed by atoms with Crippen molar-refractivity contribution in [2.24, 2.45) is 0 Å². The van der Waals surface area contributed by atoms with Crippen LogP contribution in [0, 0.1) is 0 Å². The minimum atomic E-state index is -0.587. The van der Waals surface area contributed by atoms with Gasteiger partial charge in [-0.25, -0.2) is 4.79 Å². The van der Waals surface area contributed by atoms with Gasteiger partial charge in [-0.05, 0) is 12.1 Å². The molecule has 3 aliphatic rings. The molecule has 0 saturated carbocycles. The van der Waals surface area contributed by atoms with E-state index in [0.717, 1.165) is 0 Å². The first-order valence-corrected chi connectivity index (χ1v) is 7.44. The number of ether oxygens (including phenoxy) is 3. The Kier molecular flexibility index (Phi) is 3.35. The van der Waals surface area contributed by atoms with Crippen LogP contribution in [0.5, 0.6) is 5.75 Å². The van der Waals surface area contributed by atoms with Crippen LogP contribution in [0.3, 0.4) is 0 Å². The summed E-state index contributed by atoms with van der Waals surface area (Å²) >= 11 is 0. The van der Waals surface area contributed by atoms with E-state index in [-0.39, 0.29) is 31.8 Å². The van der Waals surface area contributed by atoms with Gasteiger partial charge in [0.05, 0.1) is 18.9 Å². The fourth-order valence-electron chi connectivity index (χ4n) is 3.14. The SMILES string of the molecule is O=C1COCCN1c1ccc2c(c1)OC[C@@H]1[C@H](CO)OC(=O)N21. The molecule has 3 aliphatic heterocycles. The van der Waals surface area contributed by atoms with Crippen molar-refractivity contribution < 1.29 is 28.9 Å². The first-order valence-electron chi connectivity index (χ1n) is 7.44. The normalized spacial score (nSPS) is 26.5. The molecule has 23 heavy (non-hydrogen) atoms. The lowest BCUT2D eigenvalue weighted by Crippen LogP contribution is -2.45. The van der Waals surface area contributed by atoms with Gasteiger partial charge in [-0.15, -0.1) is 0 Å². The molecule has 2 amide bonds. The maximum Gasteiger partial charge on any atom is 0.415 e. The van der Waals surface area contributed by atoms with Crippen LogP contribution in [0.15, 0.2) is 18.2 Å². The van der Waals surface area contributed by atoms with Crippen LogP contribution >= 0.6 is 0 Å². The Morgan fingerprint density at radius 2 is 2.17 bits per heavy atom. The Labute approximate surface area is 132 Å². The Morgan fingerprint density at radius 1 is 1.30 bits per heavy atom. The van der Waals surface area contributed by atoms with Gasteiger partial charge in [-0.2, -0.15) is 0 Å². The number of amides is 2. The van der Waals surface area contributed by atoms with Crippen LogP contribution in [-0.2, 0) is 14.3 Å². The quantitative estimate of drug-likeness (QED) is 0.833. The van der Waals surface area contributed by atoms with Crippen molar-refractivity contribution >= 4 is 23.4 Å². The maximum atomic E-state index is 12.0. The number of cyclic esters (lactones) is 1. The number of hydrogen-bond donors (Lipinski definition) is 1. The number of aliphatic hydroxyl groups is 1. The number of benzene rings is 1. The molecule has 0 bridgehead atoms. The van der Waals surface area contributed by atoms with E-state index in [4.69, 9.17) is 14.2 Å². The smallest absolute Gasteiger partial charge is 0.415 e. The van der Waals surface area contributed by atoms with Crippen LogP contribution in [0.25, 0.3) is 0 Å². The number of morpholine rings is 1. The second kappa shape index (κ2) is 5.39. The van der Waals surface area contributed by atoms with Gasteiger partial charge >= 0.3 is 6.09 Å². The molecule has 0 unspecified atom stereocenters. The van der Waals surface area contributed by atoms with E-state index in [1.54, 1.807) is 23.1 Å². The van der Waals surface area contributed by atoms with E-state index >= 15 is 0 Å². The molecule has 0 aromatic heterocycles. The predicted molar refractivity (Wildman–Crippen MR) is 78.7 cm³/mol. The van der Waals surface area contributed by atoms with E-state index in [9.17, 15) is 14.7 Å². The second-order valence-corrected chi connectivity index (χ2v) is 5.60. The number of carbonyl (C=O) groups excluding carboxylic acids is 2. The summed E-state index contributed by atoms with van der Waals surface area (Å²) in [6.45, 7) is 1.04. The van der Waals surface area contributed by atoms with Gasteiger partial charge in [0.25, 0.3) is 5.91 Å². The van der Waals surface area contributed by atoms with Crippen molar-refractivity contribution in [3.8, 4) is 5.75 Å². The van der Waals surface area contributed by atoms with Gasteiger partial charge in [0.1, 0.15) is 25.0 Å². The maximum absolute atomic E-state index is 12.0. The molecule has 0 spiro atoms. The highest BCUT2D eigenvalue weighted by Crippen LogP contribution is 2.40. The van der Waals surface area contributed by atoms with Crippen molar-refractivity contribution in [2.75, 3.05) is 42.8 Å². The van der Waals surface area contributed by atoms with Gasteiger partial charge < -0.3 is 24.2 Å². The summed E-state index contributed by atoms with van der Waals surface area (Å²) in [5, 5.41) is 9.30. The van der Waals surface area contributed by atoms with Gasteiger partial charge in [0.15, 0.2) is 6.10 Å². The van der Waals surface area contributed by atoms with Crippen molar-refractivity contribution in [2.45, 2.75) is 12.1 Å². The van der Waals surface area contributed by atoms with Crippen LogP contribution in [-0.4, -0.2) is 62.2 Å². The minimum Gasteiger partial charge on any atom is -0.489 e. The molecule has 4 rings (SSSR count). The van der Waals surface area contributed by atoms with Crippen LogP contribution in [0.4, 0.5) is 16.2 Å². The fourth-order valence-corrected chi connectivity index (χ4v) is 3.14. The number of fused-ring (bicyclic) bond motifs is 3. The topological polar surface area (TPSA) is 88.5 Å². The van der Waals surface area contributed by atoms with Crippen molar-refractivity contribution in [1.29, 1.82) is 0 Å². The highest BCUT2D eigenvalue weighted by atomic mass is 16.6. The first-order chi connectivity index (χ1) is 11.2. The Morgan fingerprint density at radius 3 is 2.96 bits per heavy atom. The predicted octanol–water partition coefficient (Wildman–Crippen LogP) is 0.128. The summed E-state index contributed by atoms with van der Waals surface area (Å²) in [6, 6.07) is 4.92. The molecule has 2 atom stereocenters. The van der Waals surface area contributed by atoms with Crippen molar-refractivity contribution in [3.05, 3.63) is 18.2 Å². The number of aliphatic hydroxyl groups excluding tert-OH is 1. The average molecular weight is 320 g/mol. The van der Waals surface area contributed by atoms with Crippen molar-refractivity contribution in [1.82, 2.24) is 0 Å². The van der Waals surface area contributed by atoms with E-state index in [1.807, 2.05) is 0 Å². The lowest BCUT2D eigenvalue weighted by molar-refractivity contribution is -0.125. The summed E-state index contributed by atoms with van der Waals surface area (Å²) in [7, 11) is 0. The number of anilines is 2. The largest absolute Gasteiger partial charge is 0.489 e. The third-order valence-electron chi connectivity index (χ3n) is 4.30. The van der Waals surface area contributed by atoms with Crippen molar-refractivity contribution in [3.63, 3.8) is 0 Å². The number of nitrogens with zero attached hydrogens (tertiary/aromatic N) is 2. The molecule has 1 N–H and O–H groups in total. The zero-order valence-corrected chi connectivity index (χ0v) is 12.3. The van der Waals surface area contributed by atoms with E-state index in [1.165, 1.54) is 4.90 Å². The van der Waals surface area contributed by atoms with E-state index < -0.39 is 12.2 Å². The fraction of sp³-hybridized carbons (Fsp3) is 0.467. The van der Waals surface area contributed by atoms with Gasteiger partial charge in [-0.1, -0.05) is 0 Å². The molecule has 8 nitrogen and oxygen atoms in total. The zero-order chi connectivity index (χ0) is 16.0. The summed E-state index contributed by atoms with van der Waals surface area (Å²) < 4.78 is 16.0. The molecule has 2 saturated heterocycles. The van der Waals surface area contributed by atoms with Crippen LogP contribution < -0.4 is 14.5 Å². The highest BCUT2D eigenvalue weighted by Gasteiger charge is 2.46. The van der Waals surface area contributed by atoms with Gasteiger partial charge in [0.2, 0.25) is 0 Å². The molecule has 122 valence electrons. The lowest BCUT2D eigenvalue weighted by atomic mass is 10.1. The monoisotopic (exact) mass is 320 g/mol. The Hall–Kier alpha value is -2.32. The second-order valence-electron chi connectivity index (χ2n) is 5.60. The Balaban J connectivity index is 1.66. The molecular formula is C15H16N2O6. The summed E-state index contributed by atoms with van der Waals surface area (Å²) in [4.78, 5) is 27.1. The lowest BCUT2D eigenvalue weighted by Gasteiger charge is -2.32. The van der Waals surface area contributed by atoms with Crippen LogP contribution in [0.1, 0.15) is 0 Å². The molecule has 0 aliphatic carbocycles. The molecule has 8 heteroatoms. The molecule has 1 aromatic carbocycles. The standard InChI is InChI=1S/C15H16N2O6/c18-6-13-11-7-22-12-5-9(16-3-4-21-8-14(16)19)1-2-10(12)17(11)15(20)23-13/h1-2,5,11,13,18H,3-4,6-8H2/t11-,13+/m1/s1. The number of rotatable bonds is 2. The first kappa shape index (κ1) is 14.3. The number of hydrogen-bond acceptors (Lipinski definition) is 6. The Bertz CT molecular complexity index is 663. The molecule has 0 radical (unpaired) electrons. The highest BCUT2D eigenvalue weighted by molar-refractivity contribution is 5.97. The van der Waals surface area contributed by atoms with Gasteiger partial charge in [0, 0.05) is 18.3 Å². The van der Waals surface area contributed by atoms with Gasteiger partial charge in [-0.3, -0.25) is 9.69 Å². The third kappa shape index (κ3) is 2.22. The average Bonchev–Trinajstić information content (AvgIpc) is 2.91. The third-order valence-corrected chi connectivity index (χ3v) is 4.30. The molecule has 2 fully saturated rings.